The van der Waals surface area contributed by atoms with E-state index in [0.717, 1.165) is 12.1 Å². The SMILES string of the molecule is O=C(O)c1cc(-n2c(C=Cc3ccc(F)c(F)c3)nc3ccccc3c2=O)ccc1Cl. The summed E-state index contributed by atoms with van der Waals surface area (Å²) < 4.78 is 28.0. The van der Waals surface area contributed by atoms with E-state index >= 15 is 0 Å². The van der Waals surface area contributed by atoms with Gasteiger partial charge in [-0.1, -0.05) is 35.9 Å². The first kappa shape index (κ1) is 20.4. The van der Waals surface area contributed by atoms with Crippen LogP contribution in [0.1, 0.15) is 21.7 Å². The smallest absolute Gasteiger partial charge is 0.337 e. The van der Waals surface area contributed by atoms with Gasteiger partial charge in [0.25, 0.3) is 5.56 Å². The Morgan fingerprint density at radius 3 is 2.52 bits per heavy atom. The highest BCUT2D eigenvalue weighted by Gasteiger charge is 2.15. The predicted octanol–water partition coefficient (Wildman–Crippen LogP) is 5.19. The molecule has 4 rings (SSSR count). The van der Waals surface area contributed by atoms with Gasteiger partial charge < -0.3 is 5.11 Å². The molecule has 8 heteroatoms. The van der Waals surface area contributed by atoms with Crippen LogP contribution in [-0.2, 0) is 0 Å². The van der Waals surface area contributed by atoms with E-state index in [2.05, 4.69) is 4.98 Å². The van der Waals surface area contributed by atoms with E-state index in [1.54, 1.807) is 24.3 Å². The standard InChI is InChI=1S/C23H13ClF2N2O3/c24-17-8-7-14(12-16(17)23(30)31)28-21(10-6-13-5-9-18(25)19(26)11-13)27-20-4-2-1-3-15(20)22(28)29/h1-12H,(H,30,31). The fraction of sp³-hybridized carbons (Fsp3) is 0. The molecule has 0 radical (unpaired) electrons. The molecule has 0 aliphatic carbocycles. The summed E-state index contributed by atoms with van der Waals surface area (Å²) in [5.74, 6) is -3.05. The van der Waals surface area contributed by atoms with Gasteiger partial charge in [-0.3, -0.25) is 9.36 Å². The lowest BCUT2D eigenvalue weighted by atomic mass is 10.1. The quantitative estimate of drug-likeness (QED) is 0.476. The maximum Gasteiger partial charge on any atom is 0.337 e. The summed E-state index contributed by atoms with van der Waals surface area (Å²) in [6, 6.07) is 14.2. The van der Waals surface area contributed by atoms with E-state index in [1.165, 1.54) is 41.0 Å². The Kier molecular flexibility index (Phi) is 5.35. The van der Waals surface area contributed by atoms with Crippen molar-refractivity contribution in [1.82, 2.24) is 9.55 Å². The van der Waals surface area contributed by atoms with Gasteiger partial charge in [0, 0.05) is 0 Å². The third-order valence-corrected chi connectivity index (χ3v) is 4.94. The molecule has 1 heterocycles. The van der Waals surface area contributed by atoms with E-state index in [1.807, 2.05) is 0 Å². The number of aromatic nitrogens is 2. The lowest BCUT2D eigenvalue weighted by Gasteiger charge is -2.12. The summed E-state index contributed by atoms with van der Waals surface area (Å²) in [7, 11) is 0. The fourth-order valence-corrected chi connectivity index (χ4v) is 3.31. The summed E-state index contributed by atoms with van der Waals surface area (Å²) in [6.45, 7) is 0. The number of aromatic carboxylic acids is 1. The van der Waals surface area contributed by atoms with Crippen molar-refractivity contribution in [2.45, 2.75) is 0 Å². The van der Waals surface area contributed by atoms with Gasteiger partial charge in [0.2, 0.25) is 0 Å². The minimum atomic E-state index is -1.24. The van der Waals surface area contributed by atoms with Gasteiger partial charge in [-0.25, -0.2) is 18.6 Å². The summed E-state index contributed by atoms with van der Waals surface area (Å²) in [5.41, 5.74) is 0.440. The molecule has 0 aliphatic heterocycles. The van der Waals surface area contributed by atoms with Gasteiger partial charge in [-0.2, -0.15) is 0 Å². The number of carboxylic acids is 1. The third-order valence-electron chi connectivity index (χ3n) is 4.61. The van der Waals surface area contributed by atoms with E-state index in [4.69, 9.17) is 11.6 Å². The third kappa shape index (κ3) is 3.95. The van der Waals surface area contributed by atoms with Gasteiger partial charge in [-0.15, -0.1) is 0 Å². The molecule has 3 aromatic carbocycles. The first-order valence-corrected chi connectivity index (χ1v) is 9.41. The number of benzene rings is 3. The zero-order valence-electron chi connectivity index (χ0n) is 15.7. The van der Waals surface area contributed by atoms with Crippen molar-refractivity contribution in [3.63, 3.8) is 0 Å². The van der Waals surface area contributed by atoms with Crippen LogP contribution in [0, 0.1) is 11.6 Å². The van der Waals surface area contributed by atoms with Crippen LogP contribution in [-0.4, -0.2) is 20.6 Å². The molecule has 0 amide bonds. The van der Waals surface area contributed by atoms with Crippen molar-refractivity contribution in [2.24, 2.45) is 0 Å². The number of carbonyl (C=O) groups is 1. The summed E-state index contributed by atoms with van der Waals surface area (Å²) in [6.07, 6.45) is 2.94. The zero-order valence-corrected chi connectivity index (χ0v) is 16.5. The van der Waals surface area contributed by atoms with Crippen LogP contribution < -0.4 is 5.56 Å². The molecule has 0 saturated heterocycles. The van der Waals surface area contributed by atoms with Gasteiger partial charge >= 0.3 is 5.97 Å². The van der Waals surface area contributed by atoms with E-state index in [0.29, 0.717) is 16.5 Å². The number of hydrogen-bond acceptors (Lipinski definition) is 3. The van der Waals surface area contributed by atoms with Crippen molar-refractivity contribution < 1.29 is 18.7 Å². The number of para-hydroxylation sites is 1. The van der Waals surface area contributed by atoms with Crippen LogP contribution in [0.25, 0.3) is 28.7 Å². The number of nitrogens with zero attached hydrogens (tertiary/aromatic N) is 2. The van der Waals surface area contributed by atoms with Crippen molar-refractivity contribution in [3.8, 4) is 5.69 Å². The first-order valence-electron chi connectivity index (χ1n) is 9.03. The minimum absolute atomic E-state index is 0.0249. The Morgan fingerprint density at radius 1 is 1.00 bits per heavy atom. The van der Waals surface area contributed by atoms with Gasteiger partial charge in [-0.05, 0) is 54.1 Å². The molecule has 1 N–H and O–H groups in total. The Hall–Kier alpha value is -3.84. The zero-order chi connectivity index (χ0) is 22.1. The van der Waals surface area contributed by atoms with Crippen molar-refractivity contribution in [2.75, 3.05) is 0 Å². The molecule has 0 bridgehead atoms. The molecule has 4 aromatic rings. The highest BCUT2D eigenvalue weighted by Crippen LogP contribution is 2.22. The van der Waals surface area contributed by atoms with Gasteiger partial charge in [0.1, 0.15) is 5.82 Å². The lowest BCUT2D eigenvalue weighted by molar-refractivity contribution is 0.0697. The maximum absolute atomic E-state index is 13.5. The number of halogens is 3. The first-order chi connectivity index (χ1) is 14.8. The Morgan fingerprint density at radius 2 is 1.77 bits per heavy atom. The monoisotopic (exact) mass is 438 g/mol. The summed E-state index contributed by atoms with van der Waals surface area (Å²) in [4.78, 5) is 29.2. The number of fused-ring (bicyclic) bond motifs is 1. The molecule has 154 valence electrons. The predicted molar refractivity (Wildman–Crippen MR) is 115 cm³/mol. The molecule has 0 unspecified atom stereocenters. The van der Waals surface area contributed by atoms with Crippen LogP contribution in [0.2, 0.25) is 5.02 Å². The van der Waals surface area contributed by atoms with Crippen molar-refractivity contribution >= 4 is 40.6 Å². The molecule has 5 nitrogen and oxygen atoms in total. The number of hydrogen-bond donors (Lipinski definition) is 1. The topological polar surface area (TPSA) is 72.2 Å². The molecule has 1 aromatic heterocycles. The van der Waals surface area contributed by atoms with Gasteiger partial charge in [0.05, 0.1) is 27.2 Å². The minimum Gasteiger partial charge on any atom is -0.478 e. The molecule has 0 saturated carbocycles. The van der Waals surface area contributed by atoms with E-state index in [9.17, 15) is 23.5 Å². The molecular formula is C23H13ClF2N2O3. The summed E-state index contributed by atoms with van der Waals surface area (Å²) in [5, 5.41) is 9.74. The second kappa shape index (κ2) is 8.12. The Bertz CT molecular complexity index is 1430. The van der Waals surface area contributed by atoms with E-state index in [-0.39, 0.29) is 22.1 Å². The molecular weight excluding hydrogens is 426 g/mol. The second-order valence-corrected chi connectivity index (χ2v) is 7.01. The molecule has 0 aliphatic rings. The van der Waals surface area contributed by atoms with Crippen LogP contribution in [0.4, 0.5) is 8.78 Å². The number of rotatable bonds is 4. The van der Waals surface area contributed by atoms with Crippen LogP contribution >= 0.6 is 11.6 Å². The maximum atomic E-state index is 13.5. The van der Waals surface area contributed by atoms with Crippen molar-refractivity contribution in [3.05, 3.63) is 105 Å². The number of carboxylic acid groups (broad SMARTS) is 1. The average molecular weight is 439 g/mol. The molecule has 0 spiro atoms. The highest BCUT2D eigenvalue weighted by atomic mass is 35.5. The van der Waals surface area contributed by atoms with Crippen LogP contribution in [0.15, 0.2) is 65.5 Å². The Labute approximate surface area is 179 Å². The van der Waals surface area contributed by atoms with Crippen molar-refractivity contribution in [1.29, 1.82) is 0 Å². The highest BCUT2D eigenvalue weighted by molar-refractivity contribution is 6.33. The largest absolute Gasteiger partial charge is 0.478 e. The normalized spacial score (nSPS) is 11.3. The molecule has 0 atom stereocenters. The lowest BCUT2D eigenvalue weighted by Crippen LogP contribution is -2.22. The van der Waals surface area contributed by atoms with E-state index < -0.39 is 23.2 Å². The Balaban J connectivity index is 1.95. The fourth-order valence-electron chi connectivity index (χ4n) is 3.11. The molecule has 0 fully saturated rings. The molecule has 31 heavy (non-hydrogen) atoms. The second-order valence-electron chi connectivity index (χ2n) is 6.60. The summed E-state index contributed by atoms with van der Waals surface area (Å²) >= 11 is 5.96. The van der Waals surface area contributed by atoms with Crippen LogP contribution in [0.5, 0.6) is 0 Å². The average Bonchev–Trinajstić information content (AvgIpc) is 2.75. The van der Waals surface area contributed by atoms with Crippen LogP contribution in [0.3, 0.4) is 0 Å². The van der Waals surface area contributed by atoms with Gasteiger partial charge in [0.15, 0.2) is 11.6 Å².